The molecule has 1 N–H and O–H groups in total. The monoisotopic (exact) mass is 530 g/mol. The molecule has 1 saturated carbocycles. The van der Waals surface area contributed by atoms with E-state index in [9.17, 15) is 19.5 Å². The Bertz CT molecular complexity index is 932. The van der Waals surface area contributed by atoms with E-state index in [1.165, 1.54) is 4.90 Å². The van der Waals surface area contributed by atoms with Crippen molar-refractivity contribution in [1.82, 2.24) is 9.80 Å². The van der Waals surface area contributed by atoms with E-state index in [1.54, 1.807) is 13.0 Å². The molecule has 212 valence electrons. The number of likely N-dealkylation sites (tertiary alicyclic amines) is 1. The molecule has 2 amide bonds. The zero-order valence-corrected chi connectivity index (χ0v) is 23.4. The molecule has 38 heavy (non-hydrogen) atoms. The van der Waals surface area contributed by atoms with Crippen molar-refractivity contribution >= 4 is 17.8 Å². The van der Waals surface area contributed by atoms with Gasteiger partial charge in [-0.2, -0.15) is 0 Å². The molecule has 1 aliphatic carbocycles. The molecule has 3 aliphatic heterocycles. The van der Waals surface area contributed by atoms with Gasteiger partial charge in [0.2, 0.25) is 11.8 Å². The van der Waals surface area contributed by atoms with Crippen LogP contribution < -0.4 is 0 Å². The van der Waals surface area contributed by atoms with Crippen LogP contribution in [0.3, 0.4) is 0 Å². The van der Waals surface area contributed by atoms with Gasteiger partial charge < -0.3 is 24.4 Å². The second kappa shape index (κ2) is 11.5. The quantitative estimate of drug-likeness (QED) is 0.235. The minimum atomic E-state index is -1.13. The molecule has 0 aromatic rings. The zero-order valence-electron chi connectivity index (χ0n) is 23.4. The van der Waals surface area contributed by atoms with Crippen LogP contribution in [0.1, 0.15) is 78.6 Å². The highest BCUT2D eigenvalue weighted by atomic mass is 16.6. The maximum Gasteiger partial charge on any atom is 0.312 e. The van der Waals surface area contributed by atoms with Crippen molar-refractivity contribution in [3.05, 3.63) is 25.3 Å². The van der Waals surface area contributed by atoms with Crippen LogP contribution in [-0.4, -0.2) is 81.8 Å². The van der Waals surface area contributed by atoms with Crippen LogP contribution in [0.15, 0.2) is 25.3 Å². The lowest BCUT2D eigenvalue weighted by atomic mass is 9.62. The number of aliphatic hydroxyl groups excluding tert-OH is 1. The number of nitrogens with zero attached hydrogens (tertiary/aromatic N) is 2. The van der Waals surface area contributed by atoms with Crippen molar-refractivity contribution in [3.63, 3.8) is 0 Å². The number of esters is 1. The molecule has 2 bridgehead atoms. The maximum atomic E-state index is 14.5. The third-order valence-electron chi connectivity index (χ3n) is 9.65. The Balaban J connectivity index is 1.70. The number of allylic oxidation sites excluding steroid dienone is 1. The van der Waals surface area contributed by atoms with Crippen molar-refractivity contribution in [2.24, 2.45) is 17.8 Å². The first-order valence-corrected chi connectivity index (χ1v) is 14.5. The highest BCUT2D eigenvalue weighted by Crippen LogP contribution is 2.65. The molecule has 3 unspecified atom stereocenters. The lowest BCUT2D eigenvalue weighted by Crippen LogP contribution is -2.60. The number of aliphatic hydroxyl groups is 1. The fourth-order valence-electron chi connectivity index (χ4n) is 7.64. The summed E-state index contributed by atoms with van der Waals surface area (Å²) in [6.45, 7) is 13.7. The van der Waals surface area contributed by atoms with Gasteiger partial charge in [0.05, 0.1) is 30.8 Å². The molecule has 0 radical (unpaired) electrons. The predicted octanol–water partition coefficient (Wildman–Crippen LogP) is 3.62. The van der Waals surface area contributed by atoms with Crippen LogP contribution in [0.2, 0.25) is 0 Å². The molecular weight excluding hydrogens is 484 g/mol. The summed E-state index contributed by atoms with van der Waals surface area (Å²) in [6, 6.07) is -1.41. The van der Waals surface area contributed by atoms with Crippen molar-refractivity contribution < 1.29 is 29.0 Å². The van der Waals surface area contributed by atoms with Gasteiger partial charge in [0.1, 0.15) is 17.6 Å². The molecule has 3 saturated heterocycles. The Labute approximate surface area is 227 Å². The number of hydrogen-bond donors (Lipinski definition) is 1. The highest BCUT2D eigenvalue weighted by molar-refractivity contribution is 5.99. The Morgan fingerprint density at radius 1 is 1.24 bits per heavy atom. The van der Waals surface area contributed by atoms with E-state index in [-0.39, 0.29) is 37.0 Å². The minimum Gasteiger partial charge on any atom is -0.465 e. The van der Waals surface area contributed by atoms with Gasteiger partial charge in [0, 0.05) is 12.6 Å². The smallest absolute Gasteiger partial charge is 0.312 e. The van der Waals surface area contributed by atoms with Crippen molar-refractivity contribution in [1.29, 1.82) is 0 Å². The highest BCUT2D eigenvalue weighted by Gasteiger charge is 2.80. The number of ether oxygens (including phenoxy) is 2. The summed E-state index contributed by atoms with van der Waals surface area (Å²) in [5.74, 6) is -2.56. The van der Waals surface area contributed by atoms with Crippen molar-refractivity contribution in [2.75, 3.05) is 19.8 Å². The first-order valence-electron chi connectivity index (χ1n) is 14.5. The van der Waals surface area contributed by atoms with Gasteiger partial charge in [-0.1, -0.05) is 38.3 Å². The van der Waals surface area contributed by atoms with Gasteiger partial charge in [-0.15, -0.1) is 13.2 Å². The first kappa shape index (κ1) is 28.8. The van der Waals surface area contributed by atoms with Crippen molar-refractivity contribution in [3.8, 4) is 0 Å². The molecule has 4 rings (SSSR count). The number of rotatable bonds is 12. The number of amides is 2. The largest absolute Gasteiger partial charge is 0.465 e. The van der Waals surface area contributed by atoms with Crippen LogP contribution in [0.25, 0.3) is 0 Å². The van der Waals surface area contributed by atoms with Crippen LogP contribution in [0.4, 0.5) is 0 Å². The fourth-order valence-corrected chi connectivity index (χ4v) is 7.64. The molecule has 1 spiro atoms. The van der Waals surface area contributed by atoms with E-state index in [4.69, 9.17) is 9.47 Å². The lowest BCUT2D eigenvalue weighted by molar-refractivity contribution is -0.164. The summed E-state index contributed by atoms with van der Waals surface area (Å²) in [7, 11) is 0. The molecule has 7 atom stereocenters. The SMILES string of the molecule is C=CCCCCOC(=O)[C@@H]1[C@H]2C(=O)N([C@H](C)CO)C(C(=O)N(CC=C)C3CCCCC3)C23CC(C)[C@@]1(C)O3. The van der Waals surface area contributed by atoms with E-state index in [2.05, 4.69) is 13.2 Å². The van der Waals surface area contributed by atoms with E-state index < -0.39 is 41.1 Å². The summed E-state index contributed by atoms with van der Waals surface area (Å²) in [6.07, 6.45) is 11.6. The van der Waals surface area contributed by atoms with Gasteiger partial charge in [0.15, 0.2) is 0 Å². The Kier molecular flexibility index (Phi) is 8.72. The van der Waals surface area contributed by atoms with Gasteiger partial charge >= 0.3 is 5.97 Å². The van der Waals surface area contributed by atoms with Crippen molar-refractivity contribution in [2.45, 2.75) is 108 Å². The second-order valence-corrected chi connectivity index (χ2v) is 12.0. The zero-order chi connectivity index (χ0) is 27.7. The molecular formula is C30H46N2O6. The Hall–Kier alpha value is -2.19. The Morgan fingerprint density at radius 3 is 2.58 bits per heavy atom. The van der Waals surface area contributed by atoms with Gasteiger partial charge in [-0.25, -0.2) is 0 Å². The molecule has 0 aromatic heterocycles. The summed E-state index contributed by atoms with van der Waals surface area (Å²) < 4.78 is 12.5. The average Bonchev–Trinajstić information content (AvgIpc) is 3.43. The van der Waals surface area contributed by atoms with Crippen LogP contribution in [0.5, 0.6) is 0 Å². The molecule has 0 aromatic carbocycles. The lowest BCUT2D eigenvalue weighted by Gasteiger charge is -2.42. The topological polar surface area (TPSA) is 96.4 Å². The van der Waals surface area contributed by atoms with Crippen LogP contribution >= 0.6 is 0 Å². The number of unbranched alkanes of at least 4 members (excludes halogenated alkanes) is 2. The third kappa shape index (κ3) is 4.61. The van der Waals surface area contributed by atoms with Crippen LogP contribution in [-0.2, 0) is 23.9 Å². The standard InChI is InChI=1S/C30H46N2O6/c1-6-8-9-13-17-37-28(36)24-23-26(34)32(21(4)19-33)25(30(23)18-20(3)29(24,5)38-30)27(35)31(16-7-2)22-14-11-10-12-15-22/h6-7,20-25,33H,1-2,8-19H2,3-5H3/t20?,21-,23+,24+,25?,29-,30?/m1/s1. The minimum absolute atomic E-state index is 0.0490. The summed E-state index contributed by atoms with van der Waals surface area (Å²) >= 11 is 0. The van der Waals surface area contributed by atoms with E-state index in [1.807, 2.05) is 24.8 Å². The molecule has 4 aliphatic rings. The third-order valence-corrected chi connectivity index (χ3v) is 9.65. The van der Waals surface area contributed by atoms with Gasteiger partial charge in [-0.3, -0.25) is 14.4 Å². The van der Waals surface area contributed by atoms with E-state index >= 15 is 0 Å². The summed E-state index contributed by atoms with van der Waals surface area (Å²) in [5, 5.41) is 10.1. The average molecular weight is 531 g/mol. The number of carbonyl (C=O) groups is 3. The number of hydrogen-bond acceptors (Lipinski definition) is 6. The fraction of sp³-hybridized carbons (Fsp3) is 0.767. The molecule has 8 heteroatoms. The van der Waals surface area contributed by atoms with E-state index in [0.29, 0.717) is 19.4 Å². The molecule has 3 heterocycles. The molecule has 8 nitrogen and oxygen atoms in total. The van der Waals surface area contributed by atoms with Crippen LogP contribution in [0, 0.1) is 17.8 Å². The van der Waals surface area contributed by atoms with E-state index in [0.717, 1.165) is 44.9 Å². The number of fused-ring (bicyclic) bond motifs is 1. The normalized spacial score (nSPS) is 35.2. The van der Waals surface area contributed by atoms with Gasteiger partial charge in [-0.05, 0) is 58.3 Å². The first-order chi connectivity index (χ1) is 18.2. The molecule has 4 fully saturated rings. The second-order valence-electron chi connectivity index (χ2n) is 12.0. The Morgan fingerprint density at radius 2 is 1.95 bits per heavy atom. The summed E-state index contributed by atoms with van der Waals surface area (Å²) in [4.78, 5) is 45.6. The maximum absolute atomic E-state index is 14.5. The predicted molar refractivity (Wildman–Crippen MR) is 144 cm³/mol. The summed E-state index contributed by atoms with van der Waals surface area (Å²) in [5.41, 5.74) is -2.04. The van der Waals surface area contributed by atoms with Gasteiger partial charge in [0.25, 0.3) is 0 Å². The number of carbonyl (C=O) groups excluding carboxylic acids is 3.